The Balaban J connectivity index is 2.51. The molecule has 0 heterocycles. The Bertz CT molecular complexity index is 635. The lowest BCUT2D eigenvalue weighted by molar-refractivity contribution is 0.403. The number of ether oxygens (including phenoxy) is 2. The Morgan fingerprint density at radius 1 is 1.00 bits per heavy atom. The van der Waals surface area contributed by atoms with E-state index >= 15 is 0 Å². The van der Waals surface area contributed by atoms with Crippen LogP contribution < -0.4 is 20.7 Å². The molecule has 2 aromatic rings. The molecule has 0 aromatic heterocycles. The number of nitrogens with two attached hydrogens (primary N) is 1. The van der Waals surface area contributed by atoms with Gasteiger partial charge in [-0.3, -0.25) is 5.84 Å². The van der Waals surface area contributed by atoms with Crippen LogP contribution in [0.4, 0.5) is 0 Å². The molecule has 0 saturated heterocycles. The molecule has 3 N–H and O–H groups in total. The standard InChI is InChI=1S/C15H16Cl2N2O2/c1-20-13-6-4-10(16)8-11(13)15(19-18)9-3-5-12(17)14(7-9)21-2/h3-8,15,19H,18H2,1-2H3. The van der Waals surface area contributed by atoms with Crippen molar-refractivity contribution in [3.8, 4) is 11.5 Å². The third kappa shape index (κ3) is 3.41. The molecule has 0 radical (unpaired) electrons. The molecular formula is C15H16Cl2N2O2. The smallest absolute Gasteiger partial charge is 0.137 e. The van der Waals surface area contributed by atoms with Gasteiger partial charge in [-0.2, -0.15) is 0 Å². The number of hydrogen-bond donors (Lipinski definition) is 2. The van der Waals surface area contributed by atoms with E-state index in [4.69, 9.17) is 38.5 Å². The Morgan fingerprint density at radius 3 is 2.33 bits per heavy atom. The number of rotatable bonds is 5. The van der Waals surface area contributed by atoms with Crippen molar-refractivity contribution in [3.63, 3.8) is 0 Å². The zero-order chi connectivity index (χ0) is 15.4. The van der Waals surface area contributed by atoms with Crippen molar-refractivity contribution in [2.45, 2.75) is 6.04 Å². The second-order valence-corrected chi connectivity index (χ2v) is 5.22. The summed E-state index contributed by atoms with van der Waals surface area (Å²) in [5.74, 6) is 6.99. The molecule has 4 nitrogen and oxygen atoms in total. The molecule has 2 rings (SSSR count). The van der Waals surface area contributed by atoms with Crippen molar-refractivity contribution in [3.05, 3.63) is 57.6 Å². The molecule has 0 spiro atoms. The Morgan fingerprint density at radius 2 is 1.71 bits per heavy atom. The quantitative estimate of drug-likeness (QED) is 0.651. The number of benzene rings is 2. The van der Waals surface area contributed by atoms with E-state index in [-0.39, 0.29) is 6.04 Å². The lowest BCUT2D eigenvalue weighted by Crippen LogP contribution is -2.29. The minimum Gasteiger partial charge on any atom is -0.496 e. The molecule has 1 unspecified atom stereocenters. The van der Waals surface area contributed by atoms with Gasteiger partial charge in [0, 0.05) is 10.6 Å². The summed E-state index contributed by atoms with van der Waals surface area (Å²) >= 11 is 12.1. The summed E-state index contributed by atoms with van der Waals surface area (Å²) in [6.07, 6.45) is 0. The molecule has 0 amide bonds. The molecule has 0 fully saturated rings. The monoisotopic (exact) mass is 326 g/mol. The predicted molar refractivity (Wildman–Crippen MR) is 85.2 cm³/mol. The summed E-state index contributed by atoms with van der Waals surface area (Å²) in [5.41, 5.74) is 4.49. The molecule has 2 aromatic carbocycles. The van der Waals surface area contributed by atoms with Crippen molar-refractivity contribution < 1.29 is 9.47 Å². The largest absolute Gasteiger partial charge is 0.496 e. The fraction of sp³-hybridized carbons (Fsp3) is 0.200. The van der Waals surface area contributed by atoms with Crippen molar-refractivity contribution in [1.82, 2.24) is 5.43 Å². The maximum absolute atomic E-state index is 6.08. The van der Waals surface area contributed by atoms with Crippen molar-refractivity contribution >= 4 is 23.2 Å². The number of hydrogen-bond acceptors (Lipinski definition) is 4. The van der Waals surface area contributed by atoms with Gasteiger partial charge in [-0.15, -0.1) is 0 Å². The Kier molecular flexibility index (Phi) is 5.31. The van der Waals surface area contributed by atoms with Crippen LogP contribution >= 0.6 is 23.2 Å². The third-order valence-electron chi connectivity index (χ3n) is 3.18. The van der Waals surface area contributed by atoms with Gasteiger partial charge in [0.1, 0.15) is 11.5 Å². The maximum Gasteiger partial charge on any atom is 0.137 e. The maximum atomic E-state index is 6.08. The van der Waals surface area contributed by atoms with Gasteiger partial charge in [0.05, 0.1) is 25.3 Å². The first-order valence-corrected chi connectivity index (χ1v) is 6.99. The lowest BCUT2D eigenvalue weighted by Gasteiger charge is -2.20. The van der Waals surface area contributed by atoms with Gasteiger partial charge in [-0.25, -0.2) is 5.43 Å². The average Bonchev–Trinajstić information content (AvgIpc) is 2.50. The number of hydrazine groups is 1. The Labute approximate surface area is 133 Å². The molecule has 1 atom stereocenters. The molecule has 0 bridgehead atoms. The van der Waals surface area contributed by atoms with E-state index in [0.29, 0.717) is 21.5 Å². The summed E-state index contributed by atoms with van der Waals surface area (Å²) in [7, 11) is 3.17. The summed E-state index contributed by atoms with van der Waals surface area (Å²) in [4.78, 5) is 0. The van der Waals surface area contributed by atoms with Crippen molar-refractivity contribution in [2.24, 2.45) is 5.84 Å². The van der Waals surface area contributed by atoms with Crippen LogP contribution in [0.25, 0.3) is 0 Å². The highest BCUT2D eigenvalue weighted by atomic mass is 35.5. The highest BCUT2D eigenvalue weighted by Gasteiger charge is 2.19. The summed E-state index contributed by atoms with van der Waals surface area (Å²) < 4.78 is 10.6. The van der Waals surface area contributed by atoms with Crippen LogP contribution in [-0.4, -0.2) is 14.2 Å². The average molecular weight is 327 g/mol. The van der Waals surface area contributed by atoms with E-state index in [1.54, 1.807) is 32.4 Å². The van der Waals surface area contributed by atoms with E-state index in [1.807, 2.05) is 18.2 Å². The molecule has 0 aliphatic rings. The van der Waals surface area contributed by atoms with E-state index < -0.39 is 0 Å². The Hall–Kier alpha value is -1.46. The molecule has 0 aliphatic heterocycles. The van der Waals surface area contributed by atoms with Gasteiger partial charge in [0.15, 0.2) is 0 Å². The zero-order valence-electron chi connectivity index (χ0n) is 11.7. The van der Waals surface area contributed by atoms with Crippen molar-refractivity contribution in [2.75, 3.05) is 14.2 Å². The summed E-state index contributed by atoms with van der Waals surface area (Å²) in [5, 5.41) is 1.14. The SMILES string of the molecule is COc1cc(C(NN)c2cc(Cl)ccc2OC)ccc1Cl. The molecule has 0 saturated carbocycles. The van der Waals surface area contributed by atoms with Crippen LogP contribution in [0.2, 0.25) is 10.0 Å². The van der Waals surface area contributed by atoms with Gasteiger partial charge in [-0.1, -0.05) is 29.3 Å². The first-order valence-electron chi connectivity index (χ1n) is 6.23. The van der Waals surface area contributed by atoms with Gasteiger partial charge in [0.25, 0.3) is 0 Å². The van der Waals surface area contributed by atoms with E-state index in [2.05, 4.69) is 5.43 Å². The normalized spacial score (nSPS) is 12.0. The molecule has 112 valence electrons. The topological polar surface area (TPSA) is 56.5 Å². The first kappa shape index (κ1) is 15.9. The zero-order valence-corrected chi connectivity index (χ0v) is 13.2. The predicted octanol–water partition coefficient (Wildman–Crippen LogP) is 3.56. The fourth-order valence-electron chi connectivity index (χ4n) is 2.15. The minimum atomic E-state index is -0.301. The van der Waals surface area contributed by atoms with Crippen LogP contribution in [0.1, 0.15) is 17.2 Å². The molecule has 6 heteroatoms. The lowest BCUT2D eigenvalue weighted by atomic mass is 9.98. The molecule has 21 heavy (non-hydrogen) atoms. The third-order valence-corrected chi connectivity index (χ3v) is 3.73. The van der Waals surface area contributed by atoms with E-state index in [0.717, 1.165) is 11.1 Å². The van der Waals surface area contributed by atoms with Gasteiger partial charge in [0.2, 0.25) is 0 Å². The van der Waals surface area contributed by atoms with Crippen LogP contribution in [-0.2, 0) is 0 Å². The van der Waals surface area contributed by atoms with Crippen LogP contribution in [0.3, 0.4) is 0 Å². The number of methoxy groups -OCH3 is 2. The summed E-state index contributed by atoms with van der Waals surface area (Å²) in [6, 6.07) is 10.5. The number of halogens is 2. The fourth-order valence-corrected chi connectivity index (χ4v) is 2.53. The first-order chi connectivity index (χ1) is 10.1. The highest BCUT2D eigenvalue weighted by Crippen LogP contribution is 2.35. The van der Waals surface area contributed by atoms with E-state index in [9.17, 15) is 0 Å². The number of nitrogens with one attached hydrogen (secondary N) is 1. The molecular weight excluding hydrogens is 311 g/mol. The van der Waals surface area contributed by atoms with Crippen LogP contribution in [0, 0.1) is 0 Å². The van der Waals surface area contributed by atoms with Gasteiger partial charge < -0.3 is 9.47 Å². The summed E-state index contributed by atoms with van der Waals surface area (Å²) in [6.45, 7) is 0. The second kappa shape index (κ2) is 7.00. The second-order valence-electron chi connectivity index (χ2n) is 4.38. The van der Waals surface area contributed by atoms with Crippen LogP contribution in [0.15, 0.2) is 36.4 Å². The van der Waals surface area contributed by atoms with Gasteiger partial charge in [-0.05, 0) is 35.9 Å². The van der Waals surface area contributed by atoms with Crippen LogP contribution in [0.5, 0.6) is 11.5 Å². The minimum absolute atomic E-state index is 0.301. The molecule has 0 aliphatic carbocycles. The van der Waals surface area contributed by atoms with Gasteiger partial charge >= 0.3 is 0 Å². The van der Waals surface area contributed by atoms with Crippen molar-refractivity contribution in [1.29, 1.82) is 0 Å². The highest BCUT2D eigenvalue weighted by molar-refractivity contribution is 6.32. The van der Waals surface area contributed by atoms with E-state index in [1.165, 1.54) is 0 Å².